The number of aliphatic carboxylic acids is 1. The maximum absolute atomic E-state index is 12.8. The van der Waals surface area contributed by atoms with Gasteiger partial charge in [0.2, 0.25) is 0 Å². The van der Waals surface area contributed by atoms with E-state index in [1.165, 1.54) is 0 Å². The number of carboxylic acid groups (broad SMARTS) is 1. The topological polar surface area (TPSA) is 108 Å². The summed E-state index contributed by atoms with van der Waals surface area (Å²) in [5, 5.41) is 16.8. The number of carboxylic acids is 1. The highest BCUT2D eigenvalue weighted by Crippen LogP contribution is 2.48. The first-order valence-electron chi connectivity index (χ1n) is 9.50. The molecule has 0 bridgehead atoms. The van der Waals surface area contributed by atoms with Crippen molar-refractivity contribution in [3.63, 3.8) is 0 Å². The molecular weight excluding hydrogens is 350 g/mol. The minimum Gasteiger partial charge on any atom is -0.481 e. The molecule has 3 amide bonds. The second-order valence-electron chi connectivity index (χ2n) is 7.91. The Hall–Kier alpha value is -2.58. The summed E-state index contributed by atoms with van der Waals surface area (Å²) in [6.45, 7) is 1.25. The molecule has 2 aliphatic heterocycles. The maximum Gasteiger partial charge on any atom is 0.318 e. The molecular formula is C18H25N5O4. The van der Waals surface area contributed by atoms with Crippen molar-refractivity contribution in [3.05, 3.63) is 12.3 Å². The van der Waals surface area contributed by atoms with Gasteiger partial charge in [0, 0.05) is 38.9 Å². The molecule has 3 heterocycles. The van der Waals surface area contributed by atoms with Crippen molar-refractivity contribution in [2.75, 3.05) is 24.5 Å². The number of amides is 3. The number of nitrogens with zero attached hydrogens (tertiary/aromatic N) is 4. The van der Waals surface area contributed by atoms with Crippen LogP contribution in [0.5, 0.6) is 0 Å². The molecule has 1 aliphatic carbocycles. The van der Waals surface area contributed by atoms with Crippen LogP contribution in [0.2, 0.25) is 0 Å². The smallest absolute Gasteiger partial charge is 0.318 e. The molecule has 1 aromatic heterocycles. The van der Waals surface area contributed by atoms with E-state index in [-0.39, 0.29) is 24.4 Å². The Morgan fingerprint density at radius 2 is 2.15 bits per heavy atom. The van der Waals surface area contributed by atoms with E-state index in [2.05, 4.69) is 10.4 Å². The van der Waals surface area contributed by atoms with Gasteiger partial charge in [0.15, 0.2) is 5.82 Å². The second kappa shape index (κ2) is 6.54. The number of aryl methyl sites for hydroxylation is 1. The molecule has 146 valence electrons. The fraction of sp³-hybridized carbons (Fsp3) is 0.667. The maximum atomic E-state index is 12.8. The average molecular weight is 375 g/mol. The van der Waals surface area contributed by atoms with Gasteiger partial charge < -0.3 is 15.3 Å². The largest absolute Gasteiger partial charge is 0.481 e. The molecule has 27 heavy (non-hydrogen) atoms. The van der Waals surface area contributed by atoms with E-state index in [0.717, 1.165) is 19.3 Å². The Labute approximate surface area is 157 Å². The fourth-order valence-electron chi connectivity index (χ4n) is 4.82. The number of hydrogen-bond acceptors (Lipinski definition) is 4. The first-order chi connectivity index (χ1) is 12.9. The first kappa shape index (κ1) is 17.8. The van der Waals surface area contributed by atoms with Gasteiger partial charge in [-0.15, -0.1) is 0 Å². The third-order valence-electron chi connectivity index (χ3n) is 6.30. The number of urea groups is 1. The summed E-state index contributed by atoms with van der Waals surface area (Å²) in [4.78, 5) is 40.5. The summed E-state index contributed by atoms with van der Waals surface area (Å²) in [7, 11) is 1.79. The zero-order chi connectivity index (χ0) is 19.2. The predicted octanol–water partition coefficient (Wildman–Crippen LogP) is 0.812. The number of rotatable bonds is 3. The van der Waals surface area contributed by atoms with Crippen LogP contribution in [0, 0.1) is 11.3 Å². The minimum atomic E-state index is -0.812. The molecule has 3 aliphatic rings. The van der Waals surface area contributed by atoms with Gasteiger partial charge >= 0.3 is 12.0 Å². The number of nitrogens with one attached hydrogen (secondary N) is 1. The Morgan fingerprint density at radius 3 is 2.81 bits per heavy atom. The van der Waals surface area contributed by atoms with Gasteiger partial charge in [0.05, 0.1) is 5.41 Å². The number of likely N-dealkylation sites (tertiary alicyclic amines) is 1. The normalized spacial score (nSPS) is 30.5. The number of piperidine rings is 1. The summed E-state index contributed by atoms with van der Waals surface area (Å²) in [6.07, 6.45) is 5.48. The van der Waals surface area contributed by atoms with Crippen molar-refractivity contribution in [3.8, 4) is 0 Å². The van der Waals surface area contributed by atoms with Gasteiger partial charge in [-0.25, -0.2) is 4.79 Å². The van der Waals surface area contributed by atoms with Crippen molar-refractivity contribution in [1.29, 1.82) is 0 Å². The van der Waals surface area contributed by atoms with E-state index < -0.39 is 17.4 Å². The zero-order valence-corrected chi connectivity index (χ0v) is 15.4. The molecule has 3 atom stereocenters. The van der Waals surface area contributed by atoms with Gasteiger partial charge in [-0.2, -0.15) is 5.10 Å². The molecule has 9 heteroatoms. The van der Waals surface area contributed by atoms with Gasteiger partial charge in [-0.05, 0) is 31.6 Å². The van der Waals surface area contributed by atoms with Gasteiger partial charge in [0.1, 0.15) is 6.04 Å². The Morgan fingerprint density at radius 1 is 1.33 bits per heavy atom. The molecule has 1 saturated carbocycles. The summed E-state index contributed by atoms with van der Waals surface area (Å²) in [5.74, 6) is -0.384. The van der Waals surface area contributed by atoms with Crippen LogP contribution in [0.1, 0.15) is 32.1 Å². The number of carbonyl (C=O) groups excluding carboxylic acids is 2. The quantitative estimate of drug-likeness (QED) is 0.813. The lowest BCUT2D eigenvalue weighted by molar-refractivity contribution is -0.149. The molecule has 4 rings (SSSR count). The van der Waals surface area contributed by atoms with Crippen LogP contribution < -0.4 is 10.2 Å². The lowest BCUT2D eigenvalue weighted by atomic mass is 9.81. The van der Waals surface area contributed by atoms with E-state index in [9.17, 15) is 19.5 Å². The standard InChI is InChI=1S/C18H25N5O4/c1-21-9-6-14(20-21)23-8-3-5-13(15(23)24)19-17(27)22-10-12-4-2-7-18(12,11-22)16(25)26/h6,9,12-13H,2-5,7-8,10-11H2,1H3,(H,19,27)(H,25,26)/t12-,13?,18+/m0/s1. The van der Waals surface area contributed by atoms with Crippen LogP contribution in [-0.2, 0) is 16.6 Å². The van der Waals surface area contributed by atoms with E-state index in [1.807, 2.05) is 0 Å². The molecule has 1 unspecified atom stereocenters. The van der Waals surface area contributed by atoms with E-state index >= 15 is 0 Å². The third kappa shape index (κ3) is 2.94. The summed E-state index contributed by atoms with van der Waals surface area (Å²) < 4.78 is 1.64. The molecule has 3 fully saturated rings. The highest BCUT2D eigenvalue weighted by Gasteiger charge is 2.56. The predicted molar refractivity (Wildman–Crippen MR) is 96.1 cm³/mol. The lowest BCUT2D eigenvalue weighted by Gasteiger charge is -2.32. The zero-order valence-electron chi connectivity index (χ0n) is 15.4. The van der Waals surface area contributed by atoms with Gasteiger partial charge in [-0.3, -0.25) is 19.2 Å². The number of aromatic nitrogens is 2. The van der Waals surface area contributed by atoms with Crippen molar-refractivity contribution in [2.24, 2.45) is 18.4 Å². The van der Waals surface area contributed by atoms with Crippen molar-refractivity contribution in [1.82, 2.24) is 20.0 Å². The van der Waals surface area contributed by atoms with Crippen LogP contribution in [0.3, 0.4) is 0 Å². The first-order valence-corrected chi connectivity index (χ1v) is 9.50. The molecule has 2 saturated heterocycles. The van der Waals surface area contributed by atoms with Crippen LogP contribution in [0.15, 0.2) is 12.3 Å². The molecule has 2 N–H and O–H groups in total. The molecule has 1 aromatic rings. The highest BCUT2D eigenvalue weighted by molar-refractivity contribution is 5.99. The highest BCUT2D eigenvalue weighted by atomic mass is 16.4. The average Bonchev–Trinajstić information content (AvgIpc) is 3.30. The molecule has 0 spiro atoms. The molecule has 0 aromatic carbocycles. The number of fused-ring (bicyclic) bond motifs is 1. The van der Waals surface area contributed by atoms with E-state index in [0.29, 0.717) is 31.7 Å². The monoisotopic (exact) mass is 375 g/mol. The fourth-order valence-corrected chi connectivity index (χ4v) is 4.82. The summed E-state index contributed by atoms with van der Waals surface area (Å²) in [5.41, 5.74) is -0.812. The molecule has 9 nitrogen and oxygen atoms in total. The number of anilines is 1. The SMILES string of the molecule is Cn1ccc(N2CCCC(NC(=O)N3C[C@@H]4CCC[C@@]4(C(=O)O)C3)C2=O)n1. The summed E-state index contributed by atoms with van der Waals surface area (Å²) >= 11 is 0. The minimum absolute atomic E-state index is 0.00724. The van der Waals surface area contributed by atoms with Gasteiger partial charge in [0.25, 0.3) is 5.91 Å². The van der Waals surface area contributed by atoms with Crippen LogP contribution in [0.4, 0.5) is 10.6 Å². The van der Waals surface area contributed by atoms with Crippen LogP contribution in [0.25, 0.3) is 0 Å². The van der Waals surface area contributed by atoms with Crippen LogP contribution >= 0.6 is 0 Å². The summed E-state index contributed by atoms with van der Waals surface area (Å²) in [6, 6.07) is 0.834. The van der Waals surface area contributed by atoms with E-state index in [4.69, 9.17) is 0 Å². The van der Waals surface area contributed by atoms with Crippen LogP contribution in [-0.4, -0.2) is 63.4 Å². The lowest BCUT2D eigenvalue weighted by Crippen LogP contribution is -2.55. The van der Waals surface area contributed by atoms with Crippen molar-refractivity contribution >= 4 is 23.7 Å². The van der Waals surface area contributed by atoms with Gasteiger partial charge in [-0.1, -0.05) is 6.42 Å². The Kier molecular flexibility index (Phi) is 4.32. The Balaban J connectivity index is 1.42. The number of carbonyl (C=O) groups is 3. The second-order valence-corrected chi connectivity index (χ2v) is 7.91. The van der Waals surface area contributed by atoms with Crippen molar-refractivity contribution < 1.29 is 19.5 Å². The molecule has 0 radical (unpaired) electrons. The van der Waals surface area contributed by atoms with Crippen molar-refractivity contribution in [2.45, 2.75) is 38.1 Å². The van der Waals surface area contributed by atoms with E-state index in [1.54, 1.807) is 33.8 Å². The third-order valence-corrected chi connectivity index (χ3v) is 6.30. The number of hydrogen-bond donors (Lipinski definition) is 2. The Bertz CT molecular complexity index is 778.